The summed E-state index contributed by atoms with van der Waals surface area (Å²) in [5.74, 6) is -1.31. The van der Waals surface area contributed by atoms with Crippen molar-refractivity contribution in [3.63, 3.8) is 0 Å². The lowest BCUT2D eigenvalue weighted by atomic mass is 9.92. The largest absolute Gasteiger partial charge is 0.466 e. The monoisotopic (exact) mass is 538 g/mol. The van der Waals surface area contributed by atoms with Crippen LogP contribution in [0.2, 0.25) is 0 Å². The van der Waals surface area contributed by atoms with Crippen molar-refractivity contribution in [3.8, 4) is 0 Å². The maximum atomic E-state index is 14.3. The zero-order valence-corrected chi connectivity index (χ0v) is 22.0. The summed E-state index contributed by atoms with van der Waals surface area (Å²) in [7, 11) is 1.31. The second kappa shape index (κ2) is 11.0. The summed E-state index contributed by atoms with van der Waals surface area (Å²) < 4.78 is 33.6. The van der Waals surface area contributed by atoms with Crippen LogP contribution in [-0.2, 0) is 14.3 Å². The highest BCUT2D eigenvalue weighted by Gasteiger charge is 2.42. The van der Waals surface area contributed by atoms with Crippen LogP contribution in [0.4, 0.5) is 14.5 Å². The van der Waals surface area contributed by atoms with Crippen LogP contribution in [-0.4, -0.2) is 60.1 Å². The van der Waals surface area contributed by atoms with Gasteiger partial charge < -0.3 is 19.4 Å². The van der Waals surface area contributed by atoms with Crippen molar-refractivity contribution in [2.75, 3.05) is 38.2 Å². The maximum absolute atomic E-state index is 14.3. The van der Waals surface area contributed by atoms with E-state index in [4.69, 9.17) is 9.73 Å². The topological polar surface area (TPSA) is 65.5 Å². The summed E-state index contributed by atoms with van der Waals surface area (Å²) in [4.78, 5) is 36.6. The first-order valence-corrected chi connectivity index (χ1v) is 13.4. The van der Waals surface area contributed by atoms with Crippen LogP contribution in [0.15, 0.2) is 75.9 Å². The number of allylic oxidation sites excluding steroid dienone is 1. The molecule has 0 aromatic heterocycles. The fourth-order valence-electron chi connectivity index (χ4n) is 5.08. The number of carbonyl (C=O) groups is 2. The lowest BCUT2D eigenvalue weighted by molar-refractivity contribution is -0.136. The Bertz CT molecular complexity index is 1350. The van der Waals surface area contributed by atoms with Gasteiger partial charge in [-0.05, 0) is 41.7 Å². The molecule has 10 heteroatoms. The minimum absolute atomic E-state index is 0.0749. The summed E-state index contributed by atoms with van der Waals surface area (Å²) in [6.45, 7) is 3.89. The highest BCUT2D eigenvalue weighted by Crippen LogP contribution is 2.45. The Morgan fingerprint density at radius 3 is 2.53 bits per heavy atom. The molecule has 3 aliphatic heterocycles. The fourth-order valence-corrected chi connectivity index (χ4v) is 6.01. The molecule has 3 aliphatic rings. The van der Waals surface area contributed by atoms with Crippen molar-refractivity contribution < 1.29 is 23.1 Å². The van der Waals surface area contributed by atoms with Gasteiger partial charge >= 0.3 is 5.97 Å². The molecule has 7 nitrogen and oxygen atoms in total. The number of ether oxygens (including phenoxy) is 1. The van der Waals surface area contributed by atoms with Gasteiger partial charge in [-0.2, -0.15) is 0 Å². The normalized spacial score (nSPS) is 19.3. The number of esters is 1. The van der Waals surface area contributed by atoms with Crippen molar-refractivity contribution in [3.05, 3.63) is 88.1 Å². The number of carbonyl (C=O) groups excluding carboxylic acids is 2. The zero-order valence-electron chi connectivity index (χ0n) is 21.2. The molecule has 1 fully saturated rings. The lowest BCUT2D eigenvalue weighted by Gasteiger charge is -2.38. The van der Waals surface area contributed by atoms with E-state index in [1.165, 1.54) is 37.1 Å². The van der Waals surface area contributed by atoms with Crippen LogP contribution in [0.25, 0.3) is 0 Å². The van der Waals surface area contributed by atoms with Gasteiger partial charge in [0.05, 0.1) is 36.5 Å². The second-order valence-corrected chi connectivity index (χ2v) is 9.99. The number of para-hydroxylation sites is 1. The van der Waals surface area contributed by atoms with E-state index >= 15 is 0 Å². The molecule has 0 N–H and O–H groups in total. The van der Waals surface area contributed by atoms with Gasteiger partial charge in [-0.3, -0.25) is 4.79 Å². The van der Waals surface area contributed by atoms with Crippen LogP contribution in [0.5, 0.6) is 0 Å². The van der Waals surface area contributed by atoms with Crippen molar-refractivity contribution in [1.29, 1.82) is 0 Å². The SMILES string of the molecule is CCC1=C(C(=O)OC)C(c2cccc(F)c2)N2C(CC(=O)N3CCN(c4ccccc4F)CC3)=CSC2=N1. The maximum Gasteiger partial charge on any atom is 0.338 e. The highest BCUT2D eigenvalue weighted by atomic mass is 32.2. The molecule has 0 saturated carbocycles. The van der Waals surface area contributed by atoms with Gasteiger partial charge in [-0.25, -0.2) is 18.6 Å². The Balaban J connectivity index is 1.37. The van der Waals surface area contributed by atoms with Crippen molar-refractivity contribution in [1.82, 2.24) is 9.80 Å². The number of nitrogens with zero attached hydrogens (tertiary/aromatic N) is 4. The van der Waals surface area contributed by atoms with E-state index < -0.39 is 17.8 Å². The predicted octanol–water partition coefficient (Wildman–Crippen LogP) is 4.84. The molecule has 1 amide bonds. The summed E-state index contributed by atoms with van der Waals surface area (Å²) >= 11 is 1.38. The Morgan fingerprint density at radius 1 is 1.08 bits per heavy atom. The second-order valence-electron chi connectivity index (χ2n) is 9.15. The number of halogens is 2. The van der Waals surface area contributed by atoms with Crippen LogP contribution in [0.1, 0.15) is 31.4 Å². The fraction of sp³-hybridized carbons (Fsp3) is 0.321. The molecule has 5 rings (SSSR count). The highest BCUT2D eigenvalue weighted by molar-refractivity contribution is 8.16. The molecule has 2 aromatic carbocycles. The van der Waals surface area contributed by atoms with E-state index in [2.05, 4.69) is 0 Å². The predicted molar refractivity (Wildman–Crippen MR) is 143 cm³/mol. The van der Waals surface area contributed by atoms with E-state index in [1.54, 1.807) is 35.2 Å². The van der Waals surface area contributed by atoms with Gasteiger partial charge in [0.25, 0.3) is 0 Å². The van der Waals surface area contributed by atoms with Crippen molar-refractivity contribution in [2.45, 2.75) is 25.8 Å². The van der Waals surface area contributed by atoms with Crippen LogP contribution >= 0.6 is 11.8 Å². The number of hydrogen-bond donors (Lipinski definition) is 0. The van der Waals surface area contributed by atoms with Gasteiger partial charge in [0.2, 0.25) is 5.91 Å². The zero-order chi connectivity index (χ0) is 26.8. The van der Waals surface area contributed by atoms with Gasteiger partial charge in [0.1, 0.15) is 11.6 Å². The van der Waals surface area contributed by atoms with Crippen molar-refractivity contribution in [2.24, 2.45) is 4.99 Å². The number of methoxy groups -OCH3 is 1. The first-order chi connectivity index (χ1) is 18.4. The molecule has 0 spiro atoms. The molecule has 3 heterocycles. The number of piperazine rings is 1. The number of amides is 1. The van der Waals surface area contributed by atoms with Crippen molar-refractivity contribution >= 4 is 34.5 Å². The van der Waals surface area contributed by atoms with Gasteiger partial charge in [-0.1, -0.05) is 43.0 Å². The molecule has 198 valence electrons. The molecule has 0 bridgehead atoms. The molecule has 38 heavy (non-hydrogen) atoms. The van der Waals surface area contributed by atoms with Gasteiger partial charge in [-0.15, -0.1) is 0 Å². The summed E-state index contributed by atoms with van der Waals surface area (Å²) in [5.41, 5.74) is 2.71. The Labute approximate surface area is 224 Å². The van der Waals surface area contributed by atoms with E-state index in [0.717, 1.165) is 0 Å². The summed E-state index contributed by atoms with van der Waals surface area (Å²) in [6, 6.07) is 12.1. The Kier molecular flexibility index (Phi) is 7.51. The molecule has 1 saturated heterocycles. The Morgan fingerprint density at radius 2 is 1.84 bits per heavy atom. The molecule has 1 unspecified atom stereocenters. The first kappa shape index (κ1) is 26.0. The molecule has 0 radical (unpaired) electrons. The van der Waals surface area contributed by atoms with E-state index in [0.29, 0.717) is 66.0 Å². The lowest BCUT2D eigenvalue weighted by Crippen LogP contribution is -2.49. The van der Waals surface area contributed by atoms with Gasteiger partial charge in [0.15, 0.2) is 5.17 Å². The number of anilines is 1. The number of amidine groups is 1. The Hall–Kier alpha value is -3.66. The third-order valence-electron chi connectivity index (χ3n) is 6.95. The molecule has 0 aliphatic carbocycles. The average molecular weight is 539 g/mol. The van der Waals surface area contributed by atoms with Crippen LogP contribution in [0.3, 0.4) is 0 Å². The molecule has 1 atom stereocenters. The third kappa shape index (κ3) is 4.92. The number of aliphatic imine (C=N–C) groups is 1. The third-order valence-corrected chi connectivity index (χ3v) is 7.84. The van der Waals surface area contributed by atoms with Gasteiger partial charge in [0, 0.05) is 31.9 Å². The van der Waals surface area contributed by atoms with E-state index in [9.17, 15) is 18.4 Å². The van der Waals surface area contributed by atoms with Crippen LogP contribution < -0.4 is 4.90 Å². The molecular weight excluding hydrogens is 510 g/mol. The smallest absolute Gasteiger partial charge is 0.338 e. The minimum atomic E-state index is -0.674. The molecular formula is C28H28F2N4O3S. The van der Waals surface area contributed by atoms with Crippen LogP contribution in [0, 0.1) is 11.6 Å². The summed E-state index contributed by atoms with van der Waals surface area (Å²) in [6.07, 6.45) is 0.585. The number of hydrogen-bond acceptors (Lipinski definition) is 7. The minimum Gasteiger partial charge on any atom is -0.466 e. The van der Waals surface area contributed by atoms with E-state index in [1.807, 2.05) is 22.1 Å². The average Bonchev–Trinajstić information content (AvgIpc) is 3.33. The number of thioether (sulfide) groups is 1. The van der Waals surface area contributed by atoms with E-state index in [-0.39, 0.29) is 18.1 Å². The standard InChI is InChI=1S/C28H28F2N4O3S/c1-3-22-25(27(36)37-2)26(18-7-6-8-19(29)15-18)34-20(17-38-28(34)31-22)16-24(35)33-13-11-32(12-14-33)23-10-5-4-9-21(23)30/h4-10,15,17,26H,3,11-14,16H2,1-2H3. The number of fused-ring (bicyclic) bond motifs is 1. The number of benzene rings is 2. The first-order valence-electron chi connectivity index (χ1n) is 12.5. The number of rotatable bonds is 6. The summed E-state index contributed by atoms with van der Waals surface area (Å²) in [5, 5.41) is 2.50. The quantitative estimate of drug-likeness (QED) is 0.491. The molecule has 2 aromatic rings.